The number of alkyl halides is 3. The molecule has 0 bridgehead atoms. The zero-order valence-corrected chi connectivity index (χ0v) is 22.2. The molecular formula is C23H25F3N8O2S2. The van der Waals surface area contributed by atoms with Crippen LogP contribution in [0.1, 0.15) is 18.1 Å². The van der Waals surface area contributed by atoms with Crippen molar-refractivity contribution in [3.05, 3.63) is 53.6 Å². The van der Waals surface area contributed by atoms with E-state index in [0.717, 1.165) is 38.4 Å². The van der Waals surface area contributed by atoms with Gasteiger partial charge in [0.1, 0.15) is 17.0 Å². The summed E-state index contributed by atoms with van der Waals surface area (Å²) in [4.78, 5) is 14.6. The number of hydrogen-bond acceptors (Lipinski definition) is 9. The summed E-state index contributed by atoms with van der Waals surface area (Å²) in [6.45, 7) is 6.50. The van der Waals surface area contributed by atoms with E-state index in [4.69, 9.17) is 0 Å². The molecule has 1 aliphatic heterocycles. The molecule has 38 heavy (non-hydrogen) atoms. The Morgan fingerprint density at radius 2 is 1.87 bits per heavy atom. The fourth-order valence-electron chi connectivity index (χ4n) is 4.29. The van der Waals surface area contributed by atoms with E-state index in [1.165, 1.54) is 16.7 Å². The summed E-state index contributed by atoms with van der Waals surface area (Å²) in [5.74, 6) is 0.880. The highest BCUT2D eigenvalue weighted by atomic mass is 32.2. The van der Waals surface area contributed by atoms with Crippen LogP contribution in [0.5, 0.6) is 0 Å². The molecule has 1 atom stereocenters. The Morgan fingerprint density at radius 3 is 2.55 bits per heavy atom. The van der Waals surface area contributed by atoms with Crippen molar-refractivity contribution in [2.45, 2.75) is 31.0 Å². The third-order valence-corrected chi connectivity index (χ3v) is 9.23. The quantitative estimate of drug-likeness (QED) is 0.363. The summed E-state index contributed by atoms with van der Waals surface area (Å²) in [7, 11) is -3.82. The van der Waals surface area contributed by atoms with Gasteiger partial charge in [-0.1, -0.05) is 0 Å². The van der Waals surface area contributed by atoms with E-state index in [2.05, 4.69) is 42.6 Å². The number of aryl methyl sites for hydroxylation is 1. The number of thiophene rings is 1. The standard InChI is InChI=1S/C23H25F3N8O2S2/c1-15-13-37-21-20(15)28-14-29-22(21)31-16(2)11-32-5-7-33(8-6-32)38(35,36)18-10-30-34(12-18)19-4-3-17(9-27-19)23(24,25)26/h3-4,9-10,12-14,16H,5-8,11H2,1-2H3,(H,28,29,31). The smallest absolute Gasteiger partial charge is 0.365 e. The van der Waals surface area contributed by atoms with Crippen LogP contribution >= 0.6 is 11.3 Å². The molecule has 4 aromatic rings. The number of sulfonamides is 1. The lowest BCUT2D eigenvalue weighted by molar-refractivity contribution is -0.137. The van der Waals surface area contributed by atoms with Crippen molar-refractivity contribution in [2.24, 2.45) is 0 Å². The minimum absolute atomic E-state index is 0.0401. The lowest BCUT2D eigenvalue weighted by atomic mass is 10.2. The molecule has 5 rings (SSSR count). The molecule has 5 heterocycles. The van der Waals surface area contributed by atoms with Gasteiger partial charge >= 0.3 is 6.18 Å². The molecule has 0 amide bonds. The molecule has 4 aromatic heterocycles. The first-order valence-corrected chi connectivity index (χ1v) is 14.1. The van der Waals surface area contributed by atoms with Gasteiger partial charge in [-0.15, -0.1) is 11.3 Å². The Bertz CT molecular complexity index is 1530. The summed E-state index contributed by atoms with van der Waals surface area (Å²) in [6, 6.07) is 2.10. The largest absolute Gasteiger partial charge is 0.417 e. The highest BCUT2D eigenvalue weighted by molar-refractivity contribution is 7.89. The second kappa shape index (κ2) is 10.2. The normalized spacial score (nSPS) is 16.7. The Kier molecular flexibility index (Phi) is 7.11. The lowest BCUT2D eigenvalue weighted by Crippen LogP contribution is -2.50. The Morgan fingerprint density at radius 1 is 1.11 bits per heavy atom. The second-order valence-corrected chi connectivity index (χ2v) is 11.9. The number of anilines is 1. The monoisotopic (exact) mass is 566 g/mol. The third-order valence-electron chi connectivity index (χ3n) is 6.28. The number of rotatable bonds is 7. The molecule has 15 heteroatoms. The summed E-state index contributed by atoms with van der Waals surface area (Å²) >= 11 is 1.60. The summed E-state index contributed by atoms with van der Waals surface area (Å²) in [5.41, 5.74) is 1.16. The van der Waals surface area contributed by atoms with E-state index in [-0.39, 0.29) is 16.8 Å². The second-order valence-electron chi connectivity index (χ2n) is 9.09. The van der Waals surface area contributed by atoms with Gasteiger partial charge in [-0.3, -0.25) is 4.90 Å². The first kappa shape index (κ1) is 26.5. The van der Waals surface area contributed by atoms with E-state index in [9.17, 15) is 21.6 Å². The minimum atomic E-state index is -4.51. The van der Waals surface area contributed by atoms with Gasteiger partial charge in [-0.25, -0.2) is 28.1 Å². The molecule has 0 spiro atoms. The molecular weight excluding hydrogens is 541 g/mol. The van der Waals surface area contributed by atoms with Crippen LogP contribution < -0.4 is 5.32 Å². The molecule has 0 aliphatic carbocycles. The van der Waals surface area contributed by atoms with Crippen molar-refractivity contribution in [1.82, 2.24) is 33.9 Å². The number of pyridine rings is 1. The Hall–Kier alpha value is -3.14. The summed E-state index contributed by atoms with van der Waals surface area (Å²) in [5, 5.41) is 9.50. The minimum Gasteiger partial charge on any atom is -0.365 e. The van der Waals surface area contributed by atoms with Gasteiger partial charge in [0.15, 0.2) is 5.82 Å². The lowest BCUT2D eigenvalue weighted by Gasteiger charge is -2.35. The molecule has 0 saturated carbocycles. The van der Waals surface area contributed by atoms with Crippen molar-refractivity contribution in [1.29, 1.82) is 0 Å². The van der Waals surface area contributed by atoms with Gasteiger partial charge in [0.25, 0.3) is 0 Å². The molecule has 0 aromatic carbocycles. The van der Waals surface area contributed by atoms with Gasteiger partial charge in [0.05, 0.1) is 28.2 Å². The molecule has 1 unspecified atom stereocenters. The maximum Gasteiger partial charge on any atom is 0.417 e. The van der Waals surface area contributed by atoms with Crippen LogP contribution in [0.4, 0.5) is 19.0 Å². The average molecular weight is 567 g/mol. The van der Waals surface area contributed by atoms with Crippen molar-refractivity contribution >= 4 is 37.4 Å². The number of nitrogens with zero attached hydrogens (tertiary/aromatic N) is 7. The van der Waals surface area contributed by atoms with E-state index in [1.54, 1.807) is 17.7 Å². The average Bonchev–Trinajstić information content (AvgIpc) is 3.53. The number of piperazine rings is 1. The van der Waals surface area contributed by atoms with Crippen molar-refractivity contribution in [2.75, 3.05) is 38.0 Å². The van der Waals surface area contributed by atoms with Gasteiger partial charge in [-0.05, 0) is 36.9 Å². The predicted molar refractivity (Wildman–Crippen MR) is 137 cm³/mol. The van der Waals surface area contributed by atoms with Crippen LogP contribution in [0, 0.1) is 6.92 Å². The SMILES string of the molecule is Cc1csc2c(NC(C)CN3CCN(S(=O)(=O)c4cnn(-c5ccc(C(F)(F)F)cn5)c4)CC3)ncnc12. The van der Waals surface area contributed by atoms with Crippen LogP contribution in [0.3, 0.4) is 0 Å². The number of nitrogens with one attached hydrogen (secondary N) is 1. The van der Waals surface area contributed by atoms with E-state index < -0.39 is 21.8 Å². The fourth-order valence-corrected chi connectivity index (χ4v) is 6.60. The molecule has 1 N–H and O–H groups in total. The van der Waals surface area contributed by atoms with Gasteiger partial charge in [-0.2, -0.15) is 22.6 Å². The van der Waals surface area contributed by atoms with Crippen molar-refractivity contribution < 1.29 is 21.6 Å². The Labute approximate surface area is 221 Å². The van der Waals surface area contributed by atoms with Gasteiger partial charge in [0.2, 0.25) is 10.0 Å². The molecule has 202 valence electrons. The highest BCUT2D eigenvalue weighted by Gasteiger charge is 2.32. The highest BCUT2D eigenvalue weighted by Crippen LogP contribution is 2.30. The van der Waals surface area contributed by atoms with Crippen LogP contribution in [0.2, 0.25) is 0 Å². The summed E-state index contributed by atoms with van der Waals surface area (Å²) in [6.07, 6.45) is 0.178. The van der Waals surface area contributed by atoms with Gasteiger partial charge < -0.3 is 5.32 Å². The molecule has 0 radical (unpaired) electrons. The first-order valence-electron chi connectivity index (χ1n) is 11.8. The van der Waals surface area contributed by atoms with Crippen LogP contribution in [0.25, 0.3) is 16.0 Å². The van der Waals surface area contributed by atoms with Crippen molar-refractivity contribution in [3.63, 3.8) is 0 Å². The first-order chi connectivity index (χ1) is 18.0. The van der Waals surface area contributed by atoms with E-state index >= 15 is 0 Å². The van der Waals surface area contributed by atoms with Crippen LogP contribution in [-0.2, 0) is 16.2 Å². The fraction of sp³-hybridized carbons (Fsp3) is 0.391. The zero-order chi connectivity index (χ0) is 27.1. The van der Waals surface area contributed by atoms with Crippen molar-refractivity contribution in [3.8, 4) is 5.82 Å². The molecule has 10 nitrogen and oxygen atoms in total. The van der Waals surface area contributed by atoms with Crippen LogP contribution in [0.15, 0.2) is 47.3 Å². The predicted octanol–water partition coefficient (Wildman–Crippen LogP) is 3.41. The molecule has 1 aliphatic rings. The molecule has 1 saturated heterocycles. The maximum atomic E-state index is 13.2. The van der Waals surface area contributed by atoms with E-state index in [1.807, 2.05) is 6.92 Å². The van der Waals surface area contributed by atoms with E-state index in [0.29, 0.717) is 38.9 Å². The zero-order valence-electron chi connectivity index (χ0n) is 20.6. The third kappa shape index (κ3) is 5.36. The number of halogens is 3. The maximum absolute atomic E-state index is 13.2. The van der Waals surface area contributed by atoms with Crippen LogP contribution in [-0.4, -0.2) is 81.1 Å². The Balaban J connectivity index is 1.18. The number of aromatic nitrogens is 5. The topological polar surface area (TPSA) is 109 Å². The molecule has 1 fully saturated rings. The number of hydrogen-bond donors (Lipinski definition) is 1. The van der Waals surface area contributed by atoms with Gasteiger partial charge in [0, 0.05) is 45.0 Å². The number of fused-ring (bicyclic) bond motifs is 1. The summed E-state index contributed by atoms with van der Waals surface area (Å²) < 4.78 is 68.2.